The number of carbonyl (C=O) groups is 1. The van der Waals surface area contributed by atoms with Gasteiger partial charge in [-0.05, 0) is 24.6 Å². The highest BCUT2D eigenvalue weighted by atomic mass is 19.1. The Bertz CT molecular complexity index is 849. The van der Waals surface area contributed by atoms with E-state index in [0.29, 0.717) is 12.4 Å². The van der Waals surface area contributed by atoms with Crippen molar-refractivity contribution in [3.63, 3.8) is 0 Å². The summed E-state index contributed by atoms with van der Waals surface area (Å²) in [6.07, 6.45) is 0.762. The predicted octanol–water partition coefficient (Wildman–Crippen LogP) is 3.48. The van der Waals surface area contributed by atoms with Crippen molar-refractivity contribution in [3.8, 4) is 5.75 Å². The summed E-state index contributed by atoms with van der Waals surface area (Å²) in [4.78, 5) is 12.3. The first-order valence-corrected chi connectivity index (χ1v) is 7.91. The first-order valence-electron chi connectivity index (χ1n) is 7.91. The fourth-order valence-corrected chi connectivity index (χ4v) is 2.33. The van der Waals surface area contributed by atoms with Gasteiger partial charge in [-0.3, -0.25) is 4.79 Å². The van der Waals surface area contributed by atoms with E-state index >= 15 is 0 Å². The summed E-state index contributed by atoms with van der Waals surface area (Å²) in [6.45, 7) is 2.10. The lowest BCUT2D eigenvalue weighted by Crippen LogP contribution is -2.31. The number of aromatic nitrogens is 2. The fraction of sp³-hybridized carbons (Fsp3) is 0.158. The second-order valence-corrected chi connectivity index (χ2v) is 5.54. The van der Waals surface area contributed by atoms with E-state index in [9.17, 15) is 9.18 Å². The smallest absolute Gasteiger partial charge is 0.266 e. The molecular weight excluding hydrogens is 321 g/mol. The molecule has 25 heavy (non-hydrogen) atoms. The van der Waals surface area contributed by atoms with Crippen LogP contribution in [-0.2, 0) is 11.3 Å². The molecule has 6 heteroatoms. The average Bonchev–Trinajstić information content (AvgIpc) is 3.04. The molecule has 0 spiro atoms. The first kappa shape index (κ1) is 16.7. The van der Waals surface area contributed by atoms with Gasteiger partial charge < -0.3 is 10.1 Å². The van der Waals surface area contributed by atoms with Crippen LogP contribution in [0.15, 0.2) is 66.9 Å². The fourth-order valence-electron chi connectivity index (χ4n) is 2.33. The van der Waals surface area contributed by atoms with Crippen LogP contribution in [0, 0.1) is 5.82 Å². The molecule has 1 heterocycles. The molecule has 1 aromatic heterocycles. The highest BCUT2D eigenvalue weighted by molar-refractivity contribution is 5.93. The van der Waals surface area contributed by atoms with Crippen LogP contribution in [0.1, 0.15) is 12.5 Å². The molecule has 1 unspecified atom stereocenters. The van der Waals surface area contributed by atoms with Crippen molar-refractivity contribution >= 4 is 11.7 Å². The van der Waals surface area contributed by atoms with Crippen LogP contribution in [0.3, 0.4) is 0 Å². The van der Waals surface area contributed by atoms with E-state index in [1.165, 1.54) is 12.1 Å². The molecule has 0 aliphatic carbocycles. The number of ether oxygens (including phenoxy) is 1. The van der Waals surface area contributed by atoms with E-state index in [4.69, 9.17) is 4.74 Å². The van der Waals surface area contributed by atoms with E-state index in [2.05, 4.69) is 10.4 Å². The second-order valence-electron chi connectivity index (χ2n) is 5.54. The highest BCUT2D eigenvalue weighted by Crippen LogP contribution is 2.18. The normalized spacial score (nSPS) is 11.8. The van der Waals surface area contributed by atoms with Crippen molar-refractivity contribution in [1.82, 2.24) is 9.78 Å². The van der Waals surface area contributed by atoms with Gasteiger partial charge in [-0.15, -0.1) is 0 Å². The zero-order valence-electron chi connectivity index (χ0n) is 13.7. The Kier molecular flexibility index (Phi) is 5.09. The first-order chi connectivity index (χ1) is 12.1. The van der Waals surface area contributed by atoms with Gasteiger partial charge in [0.05, 0.1) is 12.7 Å². The zero-order chi connectivity index (χ0) is 17.6. The molecule has 5 nitrogen and oxygen atoms in total. The highest BCUT2D eigenvalue weighted by Gasteiger charge is 2.18. The predicted molar refractivity (Wildman–Crippen MR) is 92.9 cm³/mol. The summed E-state index contributed by atoms with van der Waals surface area (Å²) >= 11 is 0. The molecule has 3 rings (SSSR count). The number of amides is 1. The number of para-hydroxylation sites is 1. The minimum absolute atomic E-state index is 0.0444. The quantitative estimate of drug-likeness (QED) is 0.748. The number of nitrogens with one attached hydrogen (secondary N) is 1. The minimum atomic E-state index is -0.850. The Morgan fingerprint density at radius 2 is 1.88 bits per heavy atom. The molecule has 3 aromatic rings. The third-order valence-corrected chi connectivity index (χ3v) is 3.65. The molecule has 0 aliphatic heterocycles. The molecule has 1 amide bonds. The molecule has 2 aromatic carbocycles. The van der Waals surface area contributed by atoms with Crippen molar-refractivity contribution < 1.29 is 13.9 Å². The summed E-state index contributed by atoms with van der Waals surface area (Å²) in [6, 6.07) is 17.5. The van der Waals surface area contributed by atoms with Crippen molar-refractivity contribution in [1.29, 1.82) is 0 Å². The SMILES string of the molecule is CC(Oc1ccccc1F)C(=O)Nc1ccnn1Cc1ccccc1. The number of anilines is 1. The van der Waals surface area contributed by atoms with E-state index < -0.39 is 11.9 Å². The van der Waals surface area contributed by atoms with Crippen LogP contribution in [0.5, 0.6) is 5.75 Å². The number of benzene rings is 2. The third kappa shape index (κ3) is 4.23. The molecule has 128 valence electrons. The number of carbonyl (C=O) groups excluding carboxylic acids is 1. The van der Waals surface area contributed by atoms with Gasteiger partial charge in [0.2, 0.25) is 0 Å². The number of rotatable bonds is 6. The van der Waals surface area contributed by atoms with Gasteiger partial charge in [0.1, 0.15) is 5.82 Å². The Balaban J connectivity index is 1.65. The van der Waals surface area contributed by atoms with E-state index in [-0.39, 0.29) is 11.7 Å². The Morgan fingerprint density at radius 3 is 2.64 bits per heavy atom. The van der Waals surface area contributed by atoms with Gasteiger partial charge in [-0.1, -0.05) is 42.5 Å². The number of hydrogen-bond donors (Lipinski definition) is 1. The molecule has 0 bridgehead atoms. The molecule has 0 fully saturated rings. The van der Waals surface area contributed by atoms with Crippen LogP contribution >= 0.6 is 0 Å². The second kappa shape index (κ2) is 7.61. The maximum atomic E-state index is 13.6. The van der Waals surface area contributed by atoms with Crippen LogP contribution < -0.4 is 10.1 Å². The van der Waals surface area contributed by atoms with E-state index in [0.717, 1.165) is 5.56 Å². The minimum Gasteiger partial charge on any atom is -0.478 e. The Labute approximate surface area is 145 Å². The van der Waals surface area contributed by atoms with Crippen LogP contribution in [0.2, 0.25) is 0 Å². The lowest BCUT2D eigenvalue weighted by Gasteiger charge is -2.15. The van der Waals surface area contributed by atoms with Crippen molar-refractivity contribution in [2.24, 2.45) is 0 Å². The molecule has 1 atom stereocenters. The van der Waals surface area contributed by atoms with Gasteiger partial charge in [0.25, 0.3) is 5.91 Å². The van der Waals surface area contributed by atoms with Crippen LogP contribution in [0.4, 0.5) is 10.2 Å². The lowest BCUT2D eigenvalue weighted by atomic mass is 10.2. The summed E-state index contributed by atoms with van der Waals surface area (Å²) in [5.74, 6) is -0.282. The van der Waals surface area contributed by atoms with Gasteiger partial charge in [-0.2, -0.15) is 5.10 Å². The maximum absolute atomic E-state index is 13.6. The molecule has 0 saturated carbocycles. The van der Waals surface area contributed by atoms with Crippen LogP contribution in [0.25, 0.3) is 0 Å². The maximum Gasteiger partial charge on any atom is 0.266 e. The molecular formula is C19H18FN3O2. The topological polar surface area (TPSA) is 56.1 Å². The Hall–Kier alpha value is -3.15. The van der Waals surface area contributed by atoms with Gasteiger partial charge >= 0.3 is 0 Å². The number of hydrogen-bond acceptors (Lipinski definition) is 3. The van der Waals surface area contributed by atoms with Crippen LogP contribution in [-0.4, -0.2) is 21.8 Å². The van der Waals surface area contributed by atoms with Gasteiger partial charge in [-0.25, -0.2) is 9.07 Å². The van der Waals surface area contributed by atoms with Gasteiger partial charge in [0.15, 0.2) is 17.7 Å². The summed E-state index contributed by atoms with van der Waals surface area (Å²) in [5, 5.41) is 6.99. The molecule has 1 N–H and O–H groups in total. The van der Waals surface area contributed by atoms with Crippen molar-refractivity contribution in [2.45, 2.75) is 19.6 Å². The van der Waals surface area contributed by atoms with Crippen molar-refractivity contribution in [3.05, 3.63) is 78.2 Å². The standard InChI is InChI=1S/C19H18FN3O2/c1-14(25-17-10-6-5-9-16(17)20)19(24)22-18-11-12-21-23(18)13-15-7-3-2-4-8-15/h2-12,14H,13H2,1H3,(H,22,24). The summed E-state index contributed by atoms with van der Waals surface area (Å²) in [5.41, 5.74) is 1.07. The third-order valence-electron chi connectivity index (χ3n) is 3.65. The molecule has 0 radical (unpaired) electrons. The number of halogens is 1. The zero-order valence-corrected chi connectivity index (χ0v) is 13.7. The summed E-state index contributed by atoms with van der Waals surface area (Å²) in [7, 11) is 0. The molecule has 0 aliphatic rings. The van der Waals surface area contributed by atoms with Gasteiger partial charge in [0, 0.05) is 6.07 Å². The molecule has 0 saturated heterocycles. The lowest BCUT2D eigenvalue weighted by molar-refractivity contribution is -0.122. The Morgan fingerprint density at radius 1 is 1.16 bits per heavy atom. The summed E-state index contributed by atoms with van der Waals surface area (Å²) < 4.78 is 20.7. The average molecular weight is 339 g/mol. The van der Waals surface area contributed by atoms with E-state index in [1.807, 2.05) is 30.3 Å². The van der Waals surface area contributed by atoms with Crippen molar-refractivity contribution in [2.75, 3.05) is 5.32 Å². The number of nitrogens with zero attached hydrogens (tertiary/aromatic N) is 2. The monoisotopic (exact) mass is 339 g/mol. The van der Waals surface area contributed by atoms with E-state index in [1.54, 1.807) is 36.0 Å². The largest absolute Gasteiger partial charge is 0.478 e.